The minimum Gasteiger partial charge on any atom is -0.466 e. The molecule has 0 aliphatic rings. The Hall–Kier alpha value is -2.36. The molecule has 0 heterocycles. The van der Waals surface area contributed by atoms with E-state index in [0.717, 1.165) is 0 Å². The molecule has 2 aromatic rings. The maximum Gasteiger partial charge on any atom is 0.310 e. The van der Waals surface area contributed by atoms with E-state index < -0.39 is 11.8 Å². The number of carbonyl (C=O) groups is 1. The molecule has 0 unspecified atom stereocenters. The van der Waals surface area contributed by atoms with Crippen molar-refractivity contribution in [3.63, 3.8) is 0 Å². The van der Waals surface area contributed by atoms with Gasteiger partial charge >= 0.3 is 5.97 Å². The highest BCUT2D eigenvalue weighted by Gasteiger charge is 2.16. The summed E-state index contributed by atoms with van der Waals surface area (Å²) in [5.74, 6) is -0.284. The van der Waals surface area contributed by atoms with Crippen molar-refractivity contribution in [2.75, 3.05) is 6.61 Å². The number of hydrogen-bond donors (Lipinski definition) is 0. The predicted octanol–water partition coefficient (Wildman–Crippen LogP) is 4.03. The van der Waals surface area contributed by atoms with Crippen molar-refractivity contribution in [2.45, 2.75) is 20.3 Å². The molecule has 2 rings (SSSR count). The molecule has 0 aliphatic carbocycles. The molecule has 21 heavy (non-hydrogen) atoms. The van der Waals surface area contributed by atoms with E-state index in [0.29, 0.717) is 11.3 Å². The molecule has 0 saturated heterocycles. The van der Waals surface area contributed by atoms with Crippen LogP contribution in [0.1, 0.15) is 18.1 Å². The van der Waals surface area contributed by atoms with Crippen LogP contribution in [-0.4, -0.2) is 12.6 Å². The number of esters is 1. The summed E-state index contributed by atoms with van der Waals surface area (Å²) in [5.41, 5.74) is 0.939. The highest BCUT2D eigenvalue weighted by Crippen LogP contribution is 2.30. The van der Waals surface area contributed by atoms with E-state index >= 15 is 0 Å². The number of ether oxygens (including phenoxy) is 2. The highest BCUT2D eigenvalue weighted by molar-refractivity contribution is 5.73. The average molecular weight is 288 g/mol. The van der Waals surface area contributed by atoms with Gasteiger partial charge in [-0.05, 0) is 31.5 Å². The molecule has 0 atom stereocenters. The van der Waals surface area contributed by atoms with Gasteiger partial charge in [-0.15, -0.1) is 0 Å². The van der Waals surface area contributed by atoms with Crippen molar-refractivity contribution in [1.82, 2.24) is 0 Å². The first-order chi connectivity index (χ1) is 10.1. The normalized spacial score (nSPS) is 10.2. The smallest absolute Gasteiger partial charge is 0.310 e. The van der Waals surface area contributed by atoms with Gasteiger partial charge in [-0.3, -0.25) is 4.79 Å². The number of benzene rings is 2. The van der Waals surface area contributed by atoms with E-state index in [2.05, 4.69) is 0 Å². The molecule has 0 bridgehead atoms. The lowest BCUT2D eigenvalue weighted by Gasteiger charge is -2.12. The zero-order valence-electron chi connectivity index (χ0n) is 12.1. The van der Waals surface area contributed by atoms with Crippen LogP contribution in [0.25, 0.3) is 0 Å². The highest BCUT2D eigenvalue weighted by atomic mass is 19.1. The Balaban J connectivity index is 2.27. The topological polar surface area (TPSA) is 35.5 Å². The first-order valence-electron chi connectivity index (χ1n) is 6.78. The molecule has 0 radical (unpaired) electrons. The predicted molar refractivity (Wildman–Crippen MR) is 78.0 cm³/mol. The van der Waals surface area contributed by atoms with Crippen molar-refractivity contribution in [1.29, 1.82) is 0 Å². The van der Waals surface area contributed by atoms with Gasteiger partial charge in [0.15, 0.2) is 11.6 Å². The third-order valence-corrected chi connectivity index (χ3v) is 2.98. The lowest BCUT2D eigenvalue weighted by Crippen LogP contribution is -2.09. The molecular formula is C17H17FO3. The summed E-state index contributed by atoms with van der Waals surface area (Å²) in [5, 5.41) is 0. The monoisotopic (exact) mass is 288 g/mol. The Labute approximate surface area is 123 Å². The summed E-state index contributed by atoms with van der Waals surface area (Å²) >= 11 is 0. The molecule has 4 heteroatoms. The number of carbonyl (C=O) groups excluding carboxylic acids is 1. The largest absolute Gasteiger partial charge is 0.466 e. The van der Waals surface area contributed by atoms with Crippen LogP contribution >= 0.6 is 0 Å². The maximum atomic E-state index is 14.5. The summed E-state index contributed by atoms with van der Waals surface area (Å²) in [6.45, 7) is 3.75. The SMILES string of the molecule is CCOC(=O)Cc1ccc(C)c(Oc2ccccc2)c1F. The third-order valence-electron chi connectivity index (χ3n) is 2.98. The molecule has 0 N–H and O–H groups in total. The first-order valence-corrected chi connectivity index (χ1v) is 6.78. The van der Waals surface area contributed by atoms with Gasteiger partial charge in [0.2, 0.25) is 0 Å². The lowest BCUT2D eigenvalue weighted by atomic mass is 10.1. The zero-order valence-corrected chi connectivity index (χ0v) is 12.1. The van der Waals surface area contributed by atoms with Crippen molar-refractivity contribution in [2.24, 2.45) is 0 Å². The Kier molecular flexibility index (Phi) is 4.93. The van der Waals surface area contributed by atoms with Crippen LogP contribution in [0.15, 0.2) is 42.5 Å². The summed E-state index contributed by atoms with van der Waals surface area (Å²) in [6, 6.07) is 12.3. The molecule has 0 aliphatic heterocycles. The van der Waals surface area contributed by atoms with E-state index in [-0.39, 0.29) is 24.3 Å². The average Bonchev–Trinajstić information content (AvgIpc) is 2.48. The molecular weight excluding hydrogens is 271 g/mol. The van der Waals surface area contributed by atoms with Gasteiger partial charge < -0.3 is 9.47 Å². The van der Waals surface area contributed by atoms with Crippen LogP contribution in [-0.2, 0) is 16.0 Å². The fourth-order valence-electron chi connectivity index (χ4n) is 1.93. The summed E-state index contributed by atoms with van der Waals surface area (Å²) < 4.78 is 24.9. The van der Waals surface area contributed by atoms with Crippen molar-refractivity contribution in [3.8, 4) is 11.5 Å². The van der Waals surface area contributed by atoms with Crippen LogP contribution in [0.5, 0.6) is 11.5 Å². The van der Waals surface area contributed by atoms with E-state index in [1.54, 1.807) is 38.1 Å². The molecule has 0 spiro atoms. The van der Waals surface area contributed by atoms with Crippen LogP contribution in [0.3, 0.4) is 0 Å². The second-order valence-corrected chi connectivity index (χ2v) is 4.58. The van der Waals surface area contributed by atoms with Crippen molar-refractivity contribution < 1.29 is 18.7 Å². The van der Waals surface area contributed by atoms with Gasteiger partial charge in [-0.1, -0.05) is 30.3 Å². The Morgan fingerprint density at radius 2 is 1.86 bits per heavy atom. The molecule has 0 fully saturated rings. The van der Waals surface area contributed by atoms with Gasteiger partial charge in [0.25, 0.3) is 0 Å². The molecule has 3 nitrogen and oxygen atoms in total. The van der Waals surface area contributed by atoms with Crippen LogP contribution in [0, 0.1) is 12.7 Å². The summed E-state index contributed by atoms with van der Waals surface area (Å²) in [7, 11) is 0. The van der Waals surface area contributed by atoms with E-state index in [1.165, 1.54) is 0 Å². The van der Waals surface area contributed by atoms with Gasteiger partial charge in [0.1, 0.15) is 5.75 Å². The second kappa shape index (κ2) is 6.88. The molecule has 0 aromatic heterocycles. The maximum absolute atomic E-state index is 14.5. The molecule has 110 valence electrons. The van der Waals surface area contributed by atoms with E-state index in [9.17, 15) is 9.18 Å². The second-order valence-electron chi connectivity index (χ2n) is 4.58. The Morgan fingerprint density at radius 3 is 2.52 bits per heavy atom. The van der Waals surface area contributed by atoms with Crippen LogP contribution in [0.4, 0.5) is 4.39 Å². The van der Waals surface area contributed by atoms with E-state index in [4.69, 9.17) is 9.47 Å². The molecule has 2 aromatic carbocycles. The van der Waals surface area contributed by atoms with Gasteiger partial charge in [-0.25, -0.2) is 4.39 Å². The number of rotatable bonds is 5. The van der Waals surface area contributed by atoms with Crippen LogP contribution in [0.2, 0.25) is 0 Å². The van der Waals surface area contributed by atoms with Gasteiger partial charge in [0, 0.05) is 5.56 Å². The zero-order chi connectivity index (χ0) is 15.2. The summed E-state index contributed by atoms with van der Waals surface area (Å²) in [6.07, 6.45) is -0.106. The lowest BCUT2D eigenvalue weighted by molar-refractivity contribution is -0.142. The van der Waals surface area contributed by atoms with Gasteiger partial charge in [0.05, 0.1) is 13.0 Å². The fraction of sp³-hybridized carbons (Fsp3) is 0.235. The first kappa shape index (κ1) is 15.0. The molecule has 0 saturated carbocycles. The van der Waals surface area contributed by atoms with E-state index in [1.807, 2.05) is 18.2 Å². The quantitative estimate of drug-likeness (QED) is 0.779. The Morgan fingerprint density at radius 1 is 1.14 bits per heavy atom. The summed E-state index contributed by atoms with van der Waals surface area (Å²) in [4.78, 5) is 11.5. The minimum atomic E-state index is -0.521. The van der Waals surface area contributed by atoms with Crippen LogP contribution < -0.4 is 4.74 Å². The Bertz CT molecular complexity index is 623. The number of para-hydroxylation sites is 1. The number of hydrogen-bond acceptors (Lipinski definition) is 3. The standard InChI is InChI=1S/C17H17FO3/c1-3-20-15(19)11-13-10-9-12(2)17(16(13)18)21-14-7-5-4-6-8-14/h4-10H,3,11H2,1-2H3. The molecule has 0 amide bonds. The number of halogens is 1. The minimum absolute atomic E-state index is 0.106. The fourth-order valence-corrected chi connectivity index (χ4v) is 1.93. The van der Waals surface area contributed by atoms with Crippen molar-refractivity contribution in [3.05, 3.63) is 59.4 Å². The van der Waals surface area contributed by atoms with Gasteiger partial charge in [-0.2, -0.15) is 0 Å². The number of aryl methyl sites for hydroxylation is 1. The van der Waals surface area contributed by atoms with Crippen molar-refractivity contribution >= 4 is 5.97 Å². The third kappa shape index (κ3) is 3.81.